The topological polar surface area (TPSA) is 76.1 Å². The summed E-state index contributed by atoms with van der Waals surface area (Å²) >= 11 is 0. The molecule has 1 fully saturated rings. The number of benzene rings is 2. The van der Waals surface area contributed by atoms with Crippen molar-refractivity contribution in [3.8, 4) is 11.5 Å². The number of amides is 1. The molecule has 142 valence electrons. The van der Waals surface area contributed by atoms with Gasteiger partial charge in [0.15, 0.2) is 0 Å². The lowest BCUT2D eigenvalue weighted by Gasteiger charge is -2.11. The van der Waals surface area contributed by atoms with Crippen molar-refractivity contribution in [2.75, 3.05) is 10.6 Å². The molecule has 1 saturated carbocycles. The molecule has 0 atom stereocenters. The van der Waals surface area contributed by atoms with E-state index in [0.29, 0.717) is 29.0 Å². The first kappa shape index (κ1) is 18.0. The van der Waals surface area contributed by atoms with Crippen molar-refractivity contribution in [1.29, 1.82) is 0 Å². The van der Waals surface area contributed by atoms with Gasteiger partial charge in [0.2, 0.25) is 5.95 Å². The number of aromatic nitrogens is 2. The van der Waals surface area contributed by atoms with Crippen LogP contribution in [0.3, 0.4) is 0 Å². The van der Waals surface area contributed by atoms with Crippen LogP contribution in [0.2, 0.25) is 0 Å². The fourth-order valence-corrected chi connectivity index (χ4v) is 3.21. The summed E-state index contributed by atoms with van der Waals surface area (Å²) in [4.78, 5) is 20.9. The van der Waals surface area contributed by atoms with Crippen LogP contribution in [-0.2, 0) is 0 Å². The van der Waals surface area contributed by atoms with Crippen LogP contribution in [0.1, 0.15) is 36.0 Å². The number of ether oxygens (including phenoxy) is 1. The summed E-state index contributed by atoms with van der Waals surface area (Å²) in [6.45, 7) is 0. The summed E-state index contributed by atoms with van der Waals surface area (Å²) in [6.07, 6.45) is 7.88. The van der Waals surface area contributed by atoms with Gasteiger partial charge in [0.05, 0.1) is 5.56 Å². The molecule has 0 aliphatic heterocycles. The maximum atomic E-state index is 12.4. The van der Waals surface area contributed by atoms with Gasteiger partial charge in [-0.25, -0.2) is 9.97 Å². The molecular formula is C22H22N4O2. The molecule has 1 amide bonds. The molecule has 3 aromatic rings. The van der Waals surface area contributed by atoms with Gasteiger partial charge in [-0.15, -0.1) is 0 Å². The van der Waals surface area contributed by atoms with Crippen molar-refractivity contribution in [3.05, 3.63) is 72.6 Å². The lowest BCUT2D eigenvalue weighted by molar-refractivity contribution is 0.102. The third-order valence-corrected chi connectivity index (χ3v) is 4.69. The average Bonchev–Trinajstić information content (AvgIpc) is 3.24. The molecule has 0 saturated heterocycles. The number of nitrogens with one attached hydrogen (secondary N) is 2. The third-order valence-electron chi connectivity index (χ3n) is 4.69. The first-order valence-corrected chi connectivity index (χ1v) is 9.49. The van der Waals surface area contributed by atoms with Crippen LogP contribution >= 0.6 is 0 Å². The van der Waals surface area contributed by atoms with Gasteiger partial charge in [-0.3, -0.25) is 4.79 Å². The Morgan fingerprint density at radius 2 is 1.54 bits per heavy atom. The Morgan fingerprint density at radius 1 is 0.893 bits per heavy atom. The first-order valence-electron chi connectivity index (χ1n) is 9.49. The molecule has 1 aliphatic rings. The smallest absolute Gasteiger partial charge is 0.258 e. The Hall–Kier alpha value is -3.41. The minimum atomic E-state index is -0.246. The van der Waals surface area contributed by atoms with E-state index in [9.17, 15) is 4.79 Å². The molecule has 6 nitrogen and oxygen atoms in total. The molecule has 1 aliphatic carbocycles. The number of rotatable bonds is 6. The van der Waals surface area contributed by atoms with Gasteiger partial charge in [-0.2, -0.15) is 0 Å². The van der Waals surface area contributed by atoms with E-state index in [1.165, 1.54) is 12.8 Å². The molecule has 28 heavy (non-hydrogen) atoms. The van der Waals surface area contributed by atoms with Crippen molar-refractivity contribution in [2.24, 2.45) is 0 Å². The lowest BCUT2D eigenvalue weighted by atomic mass is 10.2. The molecule has 2 N–H and O–H groups in total. The van der Waals surface area contributed by atoms with Crippen LogP contribution in [0.4, 0.5) is 11.6 Å². The number of carbonyl (C=O) groups is 1. The molecule has 0 unspecified atom stereocenters. The molecular weight excluding hydrogens is 352 g/mol. The molecule has 1 heterocycles. The quantitative estimate of drug-likeness (QED) is 0.643. The molecule has 2 aromatic carbocycles. The van der Waals surface area contributed by atoms with E-state index in [4.69, 9.17) is 4.74 Å². The highest BCUT2D eigenvalue weighted by Crippen LogP contribution is 2.23. The third kappa shape index (κ3) is 4.65. The Kier molecular flexibility index (Phi) is 5.47. The standard InChI is InChI=1S/C22H22N4O2/c27-21(16-14-23-22(24-15-16)26-17-6-4-5-7-17)25-18-10-12-20(13-11-18)28-19-8-2-1-3-9-19/h1-3,8-15,17H,4-7H2,(H,25,27)(H,23,24,26). The summed E-state index contributed by atoms with van der Waals surface area (Å²) in [7, 11) is 0. The minimum Gasteiger partial charge on any atom is -0.457 e. The number of anilines is 2. The lowest BCUT2D eigenvalue weighted by Crippen LogP contribution is -2.18. The maximum absolute atomic E-state index is 12.4. The van der Waals surface area contributed by atoms with Crippen molar-refractivity contribution < 1.29 is 9.53 Å². The van der Waals surface area contributed by atoms with Gasteiger partial charge >= 0.3 is 0 Å². The Morgan fingerprint density at radius 3 is 2.21 bits per heavy atom. The summed E-state index contributed by atoms with van der Waals surface area (Å²) in [5, 5.41) is 6.16. The molecule has 0 radical (unpaired) electrons. The number of para-hydroxylation sites is 1. The van der Waals surface area contributed by atoms with Crippen LogP contribution < -0.4 is 15.4 Å². The zero-order chi connectivity index (χ0) is 19.2. The van der Waals surface area contributed by atoms with Gasteiger partial charge in [0, 0.05) is 24.1 Å². The molecule has 1 aromatic heterocycles. The largest absolute Gasteiger partial charge is 0.457 e. The van der Waals surface area contributed by atoms with Gasteiger partial charge in [0.1, 0.15) is 11.5 Å². The monoisotopic (exact) mass is 374 g/mol. The van der Waals surface area contributed by atoms with Crippen LogP contribution in [0, 0.1) is 0 Å². The van der Waals surface area contributed by atoms with E-state index in [0.717, 1.165) is 18.6 Å². The molecule has 4 rings (SSSR count). The van der Waals surface area contributed by atoms with Crippen molar-refractivity contribution in [2.45, 2.75) is 31.7 Å². The van der Waals surface area contributed by atoms with E-state index >= 15 is 0 Å². The fourth-order valence-electron chi connectivity index (χ4n) is 3.21. The Bertz CT molecular complexity index is 906. The highest BCUT2D eigenvalue weighted by atomic mass is 16.5. The van der Waals surface area contributed by atoms with Gasteiger partial charge in [-0.05, 0) is 49.2 Å². The predicted octanol–water partition coefficient (Wildman–Crippen LogP) is 4.88. The SMILES string of the molecule is O=C(Nc1ccc(Oc2ccccc2)cc1)c1cnc(NC2CCCC2)nc1. The minimum absolute atomic E-state index is 0.246. The van der Waals surface area contributed by atoms with Crippen LogP contribution in [0.25, 0.3) is 0 Å². The van der Waals surface area contributed by atoms with Crippen LogP contribution in [-0.4, -0.2) is 21.9 Å². The number of hydrogen-bond acceptors (Lipinski definition) is 5. The van der Waals surface area contributed by atoms with Crippen LogP contribution in [0.5, 0.6) is 11.5 Å². The summed E-state index contributed by atoms with van der Waals surface area (Å²) in [6, 6.07) is 17.2. The van der Waals surface area contributed by atoms with Gasteiger partial charge < -0.3 is 15.4 Å². The highest BCUT2D eigenvalue weighted by molar-refractivity contribution is 6.03. The fraction of sp³-hybridized carbons (Fsp3) is 0.227. The first-order chi connectivity index (χ1) is 13.8. The molecule has 0 spiro atoms. The second kappa shape index (κ2) is 8.52. The zero-order valence-electron chi connectivity index (χ0n) is 15.5. The number of carbonyl (C=O) groups excluding carboxylic acids is 1. The van der Waals surface area contributed by atoms with E-state index in [1.807, 2.05) is 42.5 Å². The predicted molar refractivity (Wildman–Crippen MR) is 109 cm³/mol. The maximum Gasteiger partial charge on any atom is 0.258 e. The van der Waals surface area contributed by atoms with Gasteiger partial charge in [0.25, 0.3) is 5.91 Å². The van der Waals surface area contributed by atoms with Crippen molar-refractivity contribution >= 4 is 17.5 Å². The Labute approximate surface area is 164 Å². The van der Waals surface area contributed by atoms with Crippen LogP contribution in [0.15, 0.2) is 67.0 Å². The second-order valence-corrected chi connectivity index (χ2v) is 6.81. The van der Waals surface area contributed by atoms with E-state index in [-0.39, 0.29) is 5.91 Å². The average molecular weight is 374 g/mol. The van der Waals surface area contributed by atoms with E-state index in [2.05, 4.69) is 20.6 Å². The number of hydrogen-bond donors (Lipinski definition) is 2. The van der Waals surface area contributed by atoms with Crippen molar-refractivity contribution in [3.63, 3.8) is 0 Å². The highest BCUT2D eigenvalue weighted by Gasteiger charge is 2.16. The summed E-state index contributed by atoms with van der Waals surface area (Å²) < 4.78 is 5.75. The van der Waals surface area contributed by atoms with E-state index in [1.54, 1.807) is 24.5 Å². The zero-order valence-corrected chi connectivity index (χ0v) is 15.5. The number of nitrogens with zero attached hydrogens (tertiary/aromatic N) is 2. The Balaban J connectivity index is 1.33. The van der Waals surface area contributed by atoms with E-state index < -0.39 is 0 Å². The molecule has 6 heteroatoms. The molecule has 0 bridgehead atoms. The van der Waals surface area contributed by atoms with Gasteiger partial charge in [-0.1, -0.05) is 31.0 Å². The summed E-state index contributed by atoms with van der Waals surface area (Å²) in [5.74, 6) is 1.80. The normalized spacial score (nSPS) is 13.9. The summed E-state index contributed by atoms with van der Waals surface area (Å²) in [5.41, 5.74) is 1.10. The van der Waals surface area contributed by atoms with Crippen molar-refractivity contribution in [1.82, 2.24) is 9.97 Å². The second-order valence-electron chi connectivity index (χ2n) is 6.81.